The largest absolute Gasteiger partial charge is 0.387 e. The lowest BCUT2D eigenvalue weighted by Crippen LogP contribution is -2.42. The van der Waals surface area contributed by atoms with Crippen molar-refractivity contribution in [2.45, 2.75) is 57.8 Å². The highest BCUT2D eigenvalue weighted by atomic mass is 16.6. The molecule has 1 saturated heterocycles. The van der Waals surface area contributed by atoms with Crippen LogP contribution in [0.15, 0.2) is 36.7 Å². The first-order valence-corrected chi connectivity index (χ1v) is 10.7. The maximum Gasteiger partial charge on any atom is 0.252 e. The minimum atomic E-state index is -1.37. The molecule has 1 aliphatic rings. The third-order valence-corrected chi connectivity index (χ3v) is 5.38. The van der Waals surface area contributed by atoms with Gasteiger partial charge in [-0.2, -0.15) is 0 Å². The molecule has 1 amide bonds. The van der Waals surface area contributed by atoms with E-state index >= 15 is 0 Å². The predicted molar refractivity (Wildman–Crippen MR) is 118 cm³/mol. The Kier molecular flexibility index (Phi) is 6.35. The van der Waals surface area contributed by atoms with Crippen LogP contribution in [0.2, 0.25) is 0 Å². The van der Waals surface area contributed by atoms with E-state index in [-0.39, 0.29) is 5.92 Å². The molecule has 0 aliphatic carbocycles. The lowest BCUT2D eigenvalue weighted by atomic mass is 10.1. The van der Waals surface area contributed by atoms with E-state index in [0.29, 0.717) is 35.9 Å². The summed E-state index contributed by atoms with van der Waals surface area (Å²) in [7, 11) is 0. The van der Waals surface area contributed by atoms with Gasteiger partial charge in [-0.25, -0.2) is 15.0 Å². The number of benzene rings is 1. The molecule has 1 aromatic carbocycles. The fraction of sp³-hybridized carbons (Fsp3) is 0.455. The van der Waals surface area contributed by atoms with E-state index in [1.807, 2.05) is 44.2 Å². The van der Waals surface area contributed by atoms with Crippen molar-refractivity contribution in [2.75, 3.05) is 11.9 Å². The maximum atomic E-state index is 12.2. The summed E-state index contributed by atoms with van der Waals surface area (Å²) in [5, 5.41) is 26.9. The third-order valence-electron chi connectivity index (χ3n) is 5.38. The van der Waals surface area contributed by atoms with Crippen molar-refractivity contribution in [2.24, 2.45) is 0 Å². The van der Waals surface area contributed by atoms with Gasteiger partial charge in [0.2, 0.25) is 0 Å². The molecule has 4 rings (SSSR count). The molecule has 4 atom stereocenters. The van der Waals surface area contributed by atoms with Gasteiger partial charge < -0.3 is 25.6 Å². The topological polar surface area (TPSA) is 134 Å². The number of rotatable bonds is 7. The second-order valence-corrected chi connectivity index (χ2v) is 8.07. The Labute approximate surface area is 185 Å². The number of ether oxygens (including phenoxy) is 1. The van der Waals surface area contributed by atoms with Crippen molar-refractivity contribution in [1.82, 2.24) is 24.8 Å². The van der Waals surface area contributed by atoms with Gasteiger partial charge in [-0.1, -0.05) is 44.2 Å². The number of amides is 1. The van der Waals surface area contributed by atoms with Crippen molar-refractivity contribution in [3.63, 3.8) is 0 Å². The van der Waals surface area contributed by atoms with E-state index in [1.165, 1.54) is 6.33 Å². The molecule has 0 radical (unpaired) electrons. The van der Waals surface area contributed by atoms with E-state index < -0.39 is 30.4 Å². The molecule has 3 heterocycles. The Morgan fingerprint density at radius 3 is 2.62 bits per heavy atom. The number of carbonyl (C=O) groups excluding carboxylic acids is 1. The molecule has 1 aliphatic heterocycles. The predicted octanol–water partition coefficient (Wildman–Crippen LogP) is 1.32. The standard InChI is InChI=1S/C22H28N6O4/c1-4-23-21(31)17-15(29)16(30)22(32-17)28-11-25-14-19(24-10-13-8-6-5-7-9-13)26-18(12(2)3)27-20(14)28/h5-9,11-12,15-17,22,29-30H,4,10H2,1-3H3,(H,23,31)(H,24,26,27)/t15-,16+,17-,22+/m0/s1. The minimum absolute atomic E-state index is 0.0446. The number of likely N-dealkylation sites (N-methyl/N-ethyl adjacent to an activating group) is 1. The smallest absolute Gasteiger partial charge is 0.252 e. The number of imidazole rings is 1. The summed E-state index contributed by atoms with van der Waals surface area (Å²) >= 11 is 0. The number of nitrogens with zero attached hydrogens (tertiary/aromatic N) is 4. The molecule has 4 N–H and O–H groups in total. The maximum absolute atomic E-state index is 12.2. The zero-order valence-electron chi connectivity index (χ0n) is 18.3. The van der Waals surface area contributed by atoms with E-state index in [4.69, 9.17) is 4.74 Å². The third kappa shape index (κ3) is 4.16. The van der Waals surface area contributed by atoms with Crippen LogP contribution < -0.4 is 10.6 Å². The lowest BCUT2D eigenvalue weighted by molar-refractivity contribution is -0.137. The summed E-state index contributed by atoms with van der Waals surface area (Å²) in [6, 6.07) is 9.92. The average Bonchev–Trinajstić information content (AvgIpc) is 3.34. The average molecular weight is 441 g/mol. The second kappa shape index (κ2) is 9.19. The minimum Gasteiger partial charge on any atom is -0.387 e. The number of aromatic nitrogens is 4. The molecule has 3 aromatic rings. The van der Waals surface area contributed by atoms with Gasteiger partial charge in [0.05, 0.1) is 6.33 Å². The van der Waals surface area contributed by atoms with Crippen LogP contribution in [0.4, 0.5) is 5.82 Å². The van der Waals surface area contributed by atoms with Gasteiger partial charge in [-0.05, 0) is 12.5 Å². The van der Waals surface area contributed by atoms with Crippen LogP contribution in [0.5, 0.6) is 0 Å². The molecule has 10 heteroatoms. The normalized spacial score (nSPS) is 23.1. The van der Waals surface area contributed by atoms with E-state index in [2.05, 4.69) is 25.6 Å². The van der Waals surface area contributed by atoms with Crippen molar-refractivity contribution < 1.29 is 19.7 Å². The highest BCUT2D eigenvalue weighted by molar-refractivity contribution is 5.84. The second-order valence-electron chi connectivity index (χ2n) is 8.07. The number of aliphatic hydroxyl groups is 2. The summed E-state index contributed by atoms with van der Waals surface area (Å²) in [5.74, 6) is 0.731. The fourth-order valence-corrected chi connectivity index (χ4v) is 3.66. The summed E-state index contributed by atoms with van der Waals surface area (Å²) in [5.41, 5.74) is 2.05. The number of fused-ring (bicyclic) bond motifs is 1. The first-order valence-electron chi connectivity index (χ1n) is 10.7. The Bertz CT molecular complexity index is 1090. The zero-order chi connectivity index (χ0) is 22.8. The van der Waals surface area contributed by atoms with Crippen LogP contribution >= 0.6 is 0 Å². The Morgan fingerprint density at radius 2 is 1.94 bits per heavy atom. The van der Waals surface area contributed by atoms with Crippen LogP contribution in [-0.2, 0) is 16.1 Å². The van der Waals surface area contributed by atoms with Crippen LogP contribution in [-0.4, -0.2) is 60.5 Å². The number of aliphatic hydroxyl groups excluding tert-OH is 2. The highest BCUT2D eigenvalue weighted by Crippen LogP contribution is 2.33. The van der Waals surface area contributed by atoms with Crippen molar-refractivity contribution in [3.05, 3.63) is 48.0 Å². The first kappa shape index (κ1) is 22.1. The number of anilines is 1. The molecular formula is C22H28N6O4. The van der Waals surface area contributed by atoms with Crippen molar-refractivity contribution in [1.29, 1.82) is 0 Å². The summed E-state index contributed by atoms with van der Waals surface area (Å²) in [4.78, 5) is 26.0. The van der Waals surface area contributed by atoms with Gasteiger partial charge in [-0.3, -0.25) is 9.36 Å². The summed E-state index contributed by atoms with van der Waals surface area (Å²) < 4.78 is 7.30. The molecule has 0 saturated carbocycles. The molecule has 1 fully saturated rings. The van der Waals surface area contributed by atoms with Crippen LogP contribution in [0.1, 0.15) is 44.3 Å². The Balaban J connectivity index is 1.69. The van der Waals surface area contributed by atoms with Crippen LogP contribution in [0.25, 0.3) is 11.2 Å². The quantitative estimate of drug-likeness (QED) is 0.432. The van der Waals surface area contributed by atoms with Gasteiger partial charge in [0.25, 0.3) is 5.91 Å². The molecule has 10 nitrogen and oxygen atoms in total. The fourth-order valence-electron chi connectivity index (χ4n) is 3.66. The molecule has 0 spiro atoms. The number of nitrogens with one attached hydrogen (secondary N) is 2. The van der Waals surface area contributed by atoms with E-state index in [1.54, 1.807) is 11.5 Å². The summed E-state index contributed by atoms with van der Waals surface area (Å²) in [6.07, 6.45) is -3.41. The SMILES string of the molecule is CCNC(=O)[C@H]1O[C@@H](n2cnc3c(NCc4ccccc4)nc(C(C)C)nc32)[C@H](O)[C@@H]1O. The van der Waals surface area contributed by atoms with Crippen molar-refractivity contribution >= 4 is 22.9 Å². The molecule has 0 bridgehead atoms. The monoisotopic (exact) mass is 440 g/mol. The van der Waals surface area contributed by atoms with Crippen molar-refractivity contribution in [3.8, 4) is 0 Å². The van der Waals surface area contributed by atoms with Crippen LogP contribution in [0.3, 0.4) is 0 Å². The van der Waals surface area contributed by atoms with Gasteiger partial charge in [0.1, 0.15) is 18.0 Å². The Hall–Kier alpha value is -3.08. The summed E-state index contributed by atoms with van der Waals surface area (Å²) in [6.45, 7) is 6.68. The molecule has 0 unspecified atom stereocenters. The van der Waals surface area contributed by atoms with E-state index in [0.717, 1.165) is 5.56 Å². The molecular weight excluding hydrogens is 412 g/mol. The molecule has 170 valence electrons. The Morgan fingerprint density at radius 1 is 1.19 bits per heavy atom. The highest BCUT2D eigenvalue weighted by Gasteiger charge is 2.47. The number of carbonyl (C=O) groups is 1. The number of hydrogen-bond acceptors (Lipinski definition) is 8. The van der Waals surface area contributed by atoms with Gasteiger partial charge in [0, 0.05) is 19.0 Å². The van der Waals surface area contributed by atoms with Crippen LogP contribution in [0, 0.1) is 0 Å². The van der Waals surface area contributed by atoms with Gasteiger partial charge >= 0.3 is 0 Å². The number of hydrogen-bond donors (Lipinski definition) is 4. The first-order chi connectivity index (χ1) is 15.4. The molecule has 2 aromatic heterocycles. The molecule has 32 heavy (non-hydrogen) atoms. The van der Waals surface area contributed by atoms with Gasteiger partial charge in [0.15, 0.2) is 29.3 Å². The zero-order valence-corrected chi connectivity index (χ0v) is 18.3. The lowest BCUT2D eigenvalue weighted by Gasteiger charge is -2.17. The van der Waals surface area contributed by atoms with Gasteiger partial charge in [-0.15, -0.1) is 0 Å². The van der Waals surface area contributed by atoms with E-state index in [9.17, 15) is 15.0 Å².